The molecule has 5 heteroatoms. The Hall–Kier alpha value is -2.58. The van der Waals surface area contributed by atoms with Gasteiger partial charge in [-0.1, -0.05) is 17.9 Å². The van der Waals surface area contributed by atoms with Crippen LogP contribution in [-0.2, 0) is 0 Å². The van der Waals surface area contributed by atoms with Crippen LogP contribution in [-0.4, -0.2) is 27.8 Å². The third-order valence-corrected chi connectivity index (χ3v) is 2.79. The summed E-state index contributed by atoms with van der Waals surface area (Å²) in [5.41, 5.74) is 2.80. The average molecular weight is 269 g/mol. The van der Waals surface area contributed by atoms with Gasteiger partial charge in [-0.2, -0.15) is 5.10 Å². The SMILES string of the molecule is Cc1c(C#CCCO)cccc1C(=O)Nc1cn[nH]c1. The van der Waals surface area contributed by atoms with Crippen LogP contribution in [0.15, 0.2) is 30.6 Å². The molecule has 0 saturated carbocycles. The quantitative estimate of drug-likeness (QED) is 0.742. The molecule has 0 unspecified atom stereocenters. The van der Waals surface area contributed by atoms with Crippen LogP contribution < -0.4 is 5.32 Å². The number of benzene rings is 1. The van der Waals surface area contributed by atoms with Gasteiger partial charge < -0.3 is 10.4 Å². The predicted octanol–water partition coefficient (Wildman–Crippen LogP) is 1.70. The minimum atomic E-state index is -0.199. The summed E-state index contributed by atoms with van der Waals surface area (Å²) in [6, 6.07) is 5.40. The lowest BCUT2D eigenvalue weighted by molar-refractivity contribution is 0.102. The molecule has 0 aliphatic rings. The van der Waals surface area contributed by atoms with E-state index in [4.69, 9.17) is 5.11 Å². The highest BCUT2D eigenvalue weighted by Gasteiger charge is 2.11. The van der Waals surface area contributed by atoms with Gasteiger partial charge in [0.1, 0.15) is 0 Å². The van der Waals surface area contributed by atoms with Gasteiger partial charge in [0.25, 0.3) is 5.91 Å². The Labute approximate surface area is 117 Å². The first-order valence-corrected chi connectivity index (χ1v) is 6.22. The Balaban J connectivity index is 2.22. The number of nitrogens with one attached hydrogen (secondary N) is 2. The monoisotopic (exact) mass is 269 g/mol. The van der Waals surface area contributed by atoms with Crippen LogP contribution in [0.5, 0.6) is 0 Å². The fourth-order valence-electron chi connectivity index (χ4n) is 1.75. The zero-order valence-electron chi connectivity index (χ0n) is 11.1. The maximum atomic E-state index is 12.2. The number of aromatic nitrogens is 2. The van der Waals surface area contributed by atoms with E-state index in [9.17, 15) is 4.79 Å². The third-order valence-electron chi connectivity index (χ3n) is 2.79. The summed E-state index contributed by atoms with van der Waals surface area (Å²) >= 11 is 0. The molecule has 0 aliphatic heterocycles. The number of nitrogens with zero attached hydrogens (tertiary/aromatic N) is 1. The van der Waals surface area contributed by atoms with Gasteiger partial charge in [-0.15, -0.1) is 0 Å². The van der Waals surface area contributed by atoms with E-state index in [0.717, 1.165) is 11.1 Å². The predicted molar refractivity (Wildman–Crippen MR) is 76.3 cm³/mol. The highest BCUT2D eigenvalue weighted by molar-refractivity contribution is 6.05. The van der Waals surface area contributed by atoms with Gasteiger partial charge >= 0.3 is 0 Å². The van der Waals surface area contributed by atoms with Crippen LogP contribution in [0, 0.1) is 18.8 Å². The molecular formula is C15H15N3O2. The number of anilines is 1. The number of rotatable bonds is 3. The summed E-state index contributed by atoms with van der Waals surface area (Å²) in [5.74, 6) is 5.62. The van der Waals surface area contributed by atoms with Crippen molar-refractivity contribution < 1.29 is 9.90 Å². The van der Waals surface area contributed by atoms with Crippen LogP contribution in [0.3, 0.4) is 0 Å². The van der Waals surface area contributed by atoms with Crippen molar-refractivity contribution in [3.8, 4) is 11.8 Å². The zero-order valence-corrected chi connectivity index (χ0v) is 11.1. The van der Waals surface area contributed by atoms with Crippen molar-refractivity contribution in [1.29, 1.82) is 0 Å². The summed E-state index contributed by atoms with van der Waals surface area (Å²) < 4.78 is 0. The van der Waals surface area contributed by atoms with Crippen LogP contribution in [0.2, 0.25) is 0 Å². The Bertz CT molecular complexity index is 651. The third kappa shape index (κ3) is 3.25. The average Bonchev–Trinajstić information content (AvgIpc) is 2.93. The first-order chi connectivity index (χ1) is 9.72. The summed E-state index contributed by atoms with van der Waals surface area (Å²) in [6.45, 7) is 1.89. The number of H-pyrrole nitrogens is 1. The van der Waals surface area contributed by atoms with Crippen molar-refractivity contribution in [2.24, 2.45) is 0 Å². The molecule has 0 fully saturated rings. The van der Waals surface area contributed by atoms with Crippen molar-refractivity contribution in [2.75, 3.05) is 11.9 Å². The normalized spacial score (nSPS) is 9.70. The minimum absolute atomic E-state index is 0.0344. The molecular weight excluding hydrogens is 254 g/mol. The number of aromatic amines is 1. The molecule has 0 radical (unpaired) electrons. The van der Waals surface area contributed by atoms with Gasteiger partial charge in [0, 0.05) is 23.7 Å². The van der Waals surface area contributed by atoms with Gasteiger partial charge in [-0.3, -0.25) is 9.89 Å². The van der Waals surface area contributed by atoms with Crippen LogP contribution >= 0.6 is 0 Å². The molecule has 0 spiro atoms. The molecule has 0 bridgehead atoms. The van der Waals surface area contributed by atoms with Crippen LogP contribution in [0.4, 0.5) is 5.69 Å². The fraction of sp³-hybridized carbons (Fsp3) is 0.200. The standard InChI is InChI=1S/C15H15N3O2/c1-11-12(5-2-3-8-19)6-4-7-14(11)15(20)18-13-9-16-17-10-13/h4,6-7,9-10,19H,3,8H2,1H3,(H,16,17)(H,18,20). The summed E-state index contributed by atoms with van der Waals surface area (Å²) in [5, 5.41) is 17.9. The highest BCUT2D eigenvalue weighted by atomic mass is 16.2. The molecule has 0 aliphatic carbocycles. The van der Waals surface area contributed by atoms with Crippen LogP contribution in [0.25, 0.3) is 0 Å². The van der Waals surface area contributed by atoms with Crippen molar-refractivity contribution in [3.63, 3.8) is 0 Å². The van der Waals surface area contributed by atoms with Gasteiger partial charge in [-0.05, 0) is 24.6 Å². The lowest BCUT2D eigenvalue weighted by Gasteiger charge is -2.07. The smallest absolute Gasteiger partial charge is 0.256 e. The highest BCUT2D eigenvalue weighted by Crippen LogP contribution is 2.15. The van der Waals surface area contributed by atoms with Gasteiger partial charge in [0.15, 0.2) is 0 Å². The molecule has 5 nitrogen and oxygen atoms in total. The first-order valence-electron chi connectivity index (χ1n) is 6.22. The number of amides is 1. The molecule has 3 N–H and O–H groups in total. The van der Waals surface area contributed by atoms with E-state index in [-0.39, 0.29) is 12.5 Å². The van der Waals surface area contributed by atoms with E-state index in [2.05, 4.69) is 27.4 Å². The number of aliphatic hydroxyl groups is 1. The molecule has 1 aromatic heterocycles. The molecule has 2 rings (SSSR count). The maximum absolute atomic E-state index is 12.2. The van der Waals surface area contributed by atoms with E-state index in [1.165, 1.54) is 6.20 Å². The molecule has 20 heavy (non-hydrogen) atoms. The second-order valence-corrected chi connectivity index (χ2v) is 4.19. The molecule has 2 aromatic rings. The van der Waals surface area contributed by atoms with E-state index >= 15 is 0 Å². The lowest BCUT2D eigenvalue weighted by atomic mass is 10.0. The van der Waals surface area contributed by atoms with Crippen molar-refractivity contribution >= 4 is 11.6 Å². The largest absolute Gasteiger partial charge is 0.395 e. The molecule has 102 valence electrons. The van der Waals surface area contributed by atoms with Gasteiger partial charge in [0.05, 0.1) is 18.5 Å². The molecule has 1 aromatic carbocycles. The Morgan fingerprint density at radius 3 is 3.05 bits per heavy atom. The van der Waals surface area contributed by atoms with Crippen molar-refractivity contribution in [2.45, 2.75) is 13.3 Å². The summed E-state index contributed by atoms with van der Waals surface area (Å²) in [7, 11) is 0. The van der Waals surface area contributed by atoms with Gasteiger partial charge in [-0.25, -0.2) is 0 Å². The Morgan fingerprint density at radius 2 is 2.35 bits per heavy atom. The van der Waals surface area contributed by atoms with E-state index in [1.807, 2.05) is 13.0 Å². The minimum Gasteiger partial charge on any atom is -0.395 e. The van der Waals surface area contributed by atoms with E-state index in [0.29, 0.717) is 17.7 Å². The van der Waals surface area contributed by atoms with E-state index in [1.54, 1.807) is 18.3 Å². The number of aliphatic hydroxyl groups excluding tert-OH is 1. The zero-order chi connectivity index (χ0) is 14.4. The Morgan fingerprint density at radius 1 is 1.50 bits per heavy atom. The van der Waals surface area contributed by atoms with Crippen LogP contribution in [0.1, 0.15) is 27.9 Å². The topological polar surface area (TPSA) is 78.0 Å². The number of hydrogen-bond acceptors (Lipinski definition) is 3. The van der Waals surface area contributed by atoms with Crippen molar-refractivity contribution in [1.82, 2.24) is 10.2 Å². The second-order valence-electron chi connectivity index (χ2n) is 4.19. The number of carbonyl (C=O) groups is 1. The molecule has 0 atom stereocenters. The number of carbonyl (C=O) groups excluding carboxylic acids is 1. The number of hydrogen-bond donors (Lipinski definition) is 3. The second kappa shape index (κ2) is 6.55. The Kier molecular flexibility index (Phi) is 4.53. The first kappa shape index (κ1) is 13.8. The summed E-state index contributed by atoms with van der Waals surface area (Å²) in [4.78, 5) is 12.2. The summed E-state index contributed by atoms with van der Waals surface area (Å²) in [6.07, 6.45) is 3.57. The fourth-order valence-corrected chi connectivity index (χ4v) is 1.75. The maximum Gasteiger partial charge on any atom is 0.256 e. The van der Waals surface area contributed by atoms with Gasteiger partial charge in [0.2, 0.25) is 0 Å². The molecule has 0 saturated heterocycles. The van der Waals surface area contributed by atoms with Crippen molar-refractivity contribution in [3.05, 3.63) is 47.3 Å². The lowest BCUT2D eigenvalue weighted by Crippen LogP contribution is -2.13. The molecule has 1 heterocycles. The van der Waals surface area contributed by atoms with E-state index < -0.39 is 0 Å². The molecule has 1 amide bonds.